The van der Waals surface area contributed by atoms with E-state index in [-0.39, 0.29) is 5.54 Å². The molecule has 1 aromatic rings. The second kappa shape index (κ2) is 3.47. The van der Waals surface area contributed by atoms with Crippen molar-refractivity contribution in [2.45, 2.75) is 38.8 Å². The Morgan fingerprint density at radius 3 is 2.69 bits per heavy atom. The summed E-state index contributed by atoms with van der Waals surface area (Å²) in [5.41, 5.74) is 7.02. The van der Waals surface area contributed by atoms with Crippen LogP contribution in [0.4, 0.5) is 0 Å². The molecule has 0 saturated carbocycles. The average molecular weight is 183 g/mol. The molecule has 1 heterocycles. The highest BCUT2D eigenvalue weighted by Crippen LogP contribution is 2.20. The normalized spacial score (nSPS) is 14.5. The van der Waals surface area contributed by atoms with E-state index in [1.807, 2.05) is 26.8 Å². The number of aromatic amines is 1. The van der Waals surface area contributed by atoms with Crippen LogP contribution in [0.3, 0.4) is 0 Å². The lowest BCUT2D eigenvalue weighted by Crippen LogP contribution is -2.33. The molecule has 0 amide bonds. The summed E-state index contributed by atoms with van der Waals surface area (Å²) in [7, 11) is 0. The minimum Gasteiger partial charge on any atom is -0.387 e. The van der Waals surface area contributed by atoms with Crippen molar-refractivity contribution in [3.8, 4) is 0 Å². The summed E-state index contributed by atoms with van der Waals surface area (Å²) in [4.78, 5) is 0. The molecule has 1 rings (SSSR count). The van der Waals surface area contributed by atoms with Crippen molar-refractivity contribution in [3.05, 3.63) is 17.5 Å². The Labute approximate surface area is 78.2 Å². The van der Waals surface area contributed by atoms with Crippen LogP contribution in [-0.2, 0) is 0 Å². The van der Waals surface area contributed by atoms with E-state index >= 15 is 0 Å². The highest BCUT2D eigenvalue weighted by molar-refractivity contribution is 5.10. The van der Waals surface area contributed by atoms with Crippen molar-refractivity contribution >= 4 is 0 Å². The fourth-order valence-corrected chi connectivity index (χ4v) is 1.21. The highest BCUT2D eigenvalue weighted by atomic mass is 16.3. The number of nitrogens with zero attached hydrogens (tertiary/aromatic N) is 1. The van der Waals surface area contributed by atoms with Gasteiger partial charge >= 0.3 is 0 Å². The number of hydrogen-bond acceptors (Lipinski definition) is 3. The number of H-pyrrole nitrogens is 1. The largest absolute Gasteiger partial charge is 0.387 e. The summed E-state index contributed by atoms with van der Waals surface area (Å²) in [5, 5.41) is 16.5. The van der Waals surface area contributed by atoms with Gasteiger partial charge in [0.05, 0.1) is 11.8 Å². The van der Waals surface area contributed by atoms with Crippen LogP contribution in [0.1, 0.15) is 37.8 Å². The Bertz CT molecular complexity index is 275. The molecule has 0 aliphatic rings. The summed E-state index contributed by atoms with van der Waals surface area (Å²) in [5.74, 6) is 0. The van der Waals surface area contributed by atoms with Gasteiger partial charge in [0.25, 0.3) is 0 Å². The number of nitrogens with two attached hydrogens (primary N) is 1. The second-order valence-electron chi connectivity index (χ2n) is 4.18. The van der Waals surface area contributed by atoms with Gasteiger partial charge in [-0.25, -0.2) is 0 Å². The first-order valence-electron chi connectivity index (χ1n) is 4.37. The molecule has 1 unspecified atom stereocenters. The quantitative estimate of drug-likeness (QED) is 0.651. The molecule has 0 radical (unpaired) electrons. The predicted molar refractivity (Wildman–Crippen MR) is 51.2 cm³/mol. The lowest BCUT2D eigenvalue weighted by atomic mass is 9.96. The molecule has 1 atom stereocenters. The van der Waals surface area contributed by atoms with Crippen LogP contribution in [0.25, 0.3) is 0 Å². The molecule has 0 aliphatic heterocycles. The van der Waals surface area contributed by atoms with Gasteiger partial charge in [0, 0.05) is 11.2 Å². The van der Waals surface area contributed by atoms with Gasteiger partial charge < -0.3 is 10.8 Å². The molecule has 4 heteroatoms. The fraction of sp³-hybridized carbons (Fsp3) is 0.667. The van der Waals surface area contributed by atoms with Crippen LogP contribution in [0.15, 0.2) is 6.07 Å². The topological polar surface area (TPSA) is 74.9 Å². The van der Waals surface area contributed by atoms with E-state index in [0.717, 1.165) is 5.69 Å². The lowest BCUT2D eigenvalue weighted by Gasteiger charge is -2.21. The van der Waals surface area contributed by atoms with E-state index in [4.69, 9.17) is 5.73 Å². The third-order valence-electron chi connectivity index (χ3n) is 1.79. The van der Waals surface area contributed by atoms with Gasteiger partial charge in [0.1, 0.15) is 0 Å². The Balaban J connectivity index is 2.64. The van der Waals surface area contributed by atoms with Gasteiger partial charge in [-0.05, 0) is 33.3 Å². The Morgan fingerprint density at radius 2 is 2.31 bits per heavy atom. The SMILES string of the molecule is Cc1cc(C(O)CC(C)(C)N)n[nH]1. The van der Waals surface area contributed by atoms with Gasteiger partial charge in [-0.2, -0.15) is 5.10 Å². The molecule has 1 aromatic heterocycles. The number of nitrogens with one attached hydrogen (secondary N) is 1. The summed E-state index contributed by atoms with van der Waals surface area (Å²) in [6.45, 7) is 5.67. The first kappa shape index (κ1) is 10.2. The first-order chi connectivity index (χ1) is 5.88. The van der Waals surface area contributed by atoms with Crippen LogP contribution >= 0.6 is 0 Å². The van der Waals surface area contributed by atoms with E-state index in [0.29, 0.717) is 12.1 Å². The van der Waals surface area contributed by atoms with Crippen LogP contribution in [0.2, 0.25) is 0 Å². The van der Waals surface area contributed by atoms with Gasteiger partial charge in [-0.1, -0.05) is 0 Å². The van der Waals surface area contributed by atoms with Crippen molar-refractivity contribution in [3.63, 3.8) is 0 Å². The lowest BCUT2D eigenvalue weighted by molar-refractivity contribution is 0.138. The number of aliphatic hydroxyl groups excluding tert-OH is 1. The zero-order chi connectivity index (χ0) is 10.1. The maximum absolute atomic E-state index is 9.71. The Kier molecular flexibility index (Phi) is 2.73. The molecular weight excluding hydrogens is 166 g/mol. The van der Waals surface area contributed by atoms with Crippen LogP contribution in [0, 0.1) is 6.92 Å². The number of aliphatic hydroxyl groups is 1. The molecule has 13 heavy (non-hydrogen) atoms. The van der Waals surface area contributed by atoms with Gasteiger partial charge in [0.15, 0.2) is 0 Å². The molecule has 4 N–H and O–H groups in total. The van der Waals surface area contributed by atoms with E-state index < -0.39 is 6.10 Å². The molecule has 0 spiro atoms. The van der Waals surface area contributed by atoms with Gasteiger partial charge in [-0.15, -0.1) is 0 Å². The van der Waals surface area contributed by atoms with Crippen molar-refractivity contribution < 1.29 is 5.11 Å². The van der Waals surface area contributed by atoms with E-state index in [9.17, 15) is 5.11 Å². The summed E-state index contributed by atoms with van der Waals surface area (Å²) in [6, 6.07) is 1.83. The number of aromatic nitrogens is 2. The van der Waals surface area contributed by atoms with Crippen LogP contribution < -0.4 is 5.73 Å². The van der Waals surface area contributed by atoms with Gasteiger partial charge in [-0.3, -0.25) is 5.10 Å². The third-order valence-corrected chi connectivity index (χ3v) is 1.79. The highest BCUT2D eigenvalue weighted by Gasteiger charge is 2.19. The van der Waals surface area contributed by atoms with Gasteiger partial charge in [0.2, 0.25) is 0 Å². The fourth-order valence-electron chi connectivity index (χ4n) is 1.21. The van der Waals surface area contributed by atoms with Crippen LogP contribution in [0.5, 0.6) is 0 Å². The molecule has 4 nitrogen and oxygen atoms in total. The van der Waals surface area contributed by atoms with E-state index in [1.165, 1.54) is 0 Å². The zero-order valence-electron chi connectivity index (χ0n) is 8.33. The number of aryl methyl sites for hydroxylation is 1. The minimum absolute atomic E-state index is 0.369. The Morgan fingerprint density at radius 1 is 1.69 bits per heavy atom. The van der Waals surface area contributed by atoms with E-state index in [1.54, 1.807) is 0 Å². The first-order valence-corrected chi connectivity index (χ1v) is 4.37. The van der Waals surface area contributed by atoms with E-state index in [2.05, 4.69) is 10.2 Å². The molecule has 0 saturated heterocycles. The van der Waals surface area contributed by atoms with Crippen molar-refractivity contribution in [1.29, 1.82) is 0 Å². The maximum atomic E-state index is 9.71. The maximum Gasteiger partial charge on any atom is 0.0995 e. The second-order valence-corrected chi connectivity index (χ2v) is 4.18. The monoisotopic (exact) mass is 183 g/mol. The molecular formula is C9H17N3O. The standard InChI is InChI=1S/C9H17N3O/c1-6-4-7(12-11-6)8(13)5-9(2,3)10/h4,8,13H,5,10H2,1-3H3,(H,11,12). The molecule has 0 bridgehead atoms. The summed E-state index contributed by atoms with van der Waals surface area (Å²) in [6.07, 6.45) is -0.0675. The average Bonchev–Trinajstić information content (AvgIpc) is 2.31. The van der Waals surface area contributed by atoms with Crippen LogP contribution in [-0.4, -0.2) is 20.8 Å². The third kappa shape index (κ3) is 3.16. The molecule has 74 valence electrons. The Hall–Kier alpha value is -0.870. The predicted octanol–water partition coefficient (Wildman–Crippen LogP) is 0.879. The molecule has 0 fully saturated rings. The number of rotatable bonds is 3. The van der Waals surface area contributed by atoms with Crippen molar-refractivity contribution in [1.82, 2.24) is 10.2 Å². The summed E-state index contributed by atoms with van der Waals surface area (Å²) < 4.78 is 0. The smallest absolute Gasteiger partial charge is 0.0995 e. The van der Waals surface area contributed by atoms with Crippen molar-refractivity contribution in [2.75, 3.05) is 0 Å². The molecule has 0 aromatic carbocycles. The van der Waals surface area contributed by atoms with Crippen molar-refractivity contribution in [2.24, 2.45) is 5.73 Å². The molecule has 0 aliphatic carbocycles. The number of hydrogen-bond donors (Lipinski definition) is 3. The summed E-state index contributed by atoms with van der Waals surface area (Å²) >= 11 is 0. The minimum atomic E-state index is -0.579. The zero-order valence-corrected chi connectivity index (χ0v) is 8.33.